The molecule has 8 heteroatoms. The third kappa shape index (κ3) is 3.71. The van der Waals surface area contributed by atoms with Crippen molar-refractivity contribution in [1.29, 1.82) is 0 Å². The van der Waals surface area contributed by atoms with Crippen LogP contribution in [0.2, 0.25) is 0 Å². The number of hydrogen-bond acceptors (Lipinski definition) is 4. The lowest BCUT2D eigenvalue weighted by Crippen LogP contribution is -2.36. The van der Waals surface area contributed by atoms with Crippen LogP contribution in [0.3, 0.4) is 0 Å². The summed E-state index contributed by atoms with van der Waals surface area (Å²) in [6.45, 7) is 0.401. The zero-order chi connectivity index (χ0) is 19.5. The van der Waals surface area contributed by atoms with Gasteiger partial charge in [0, 0.05) is 0 Å². The molecule has 142 valence electrons. The Morgan fingerprint density at radius 2 is 1.82 bits per heavy atom. The van der Waals surface area contributed by atoms with E-state index in [9.17, 15) is 14.4 Å². The average Bonchev–Trinajstić information content (AvgIpc) is 3.23. The number of carbonyl (C=O) groups excluding carboxylic acids is 3. The van der Waals surface area contributed by atoms with E-state index in [1.54, 1.807) is 0 Å². The summed E-state index contributed by atoms with van der Waals surface area (Å²) >= 11 is 0. The maximum absolute atomic E-state index is 12.5. The molecule has 3 N–H and O–H groups in total. The number of rotatable bonds is 6. The first-order valence-corrected chi connectivity index (χ1v) is 8.96. The van der Waals surface area contributed by atoms with Crippen molar-refractivity contribution in [2.45, 2.75) is 25.6 Å². The molecule has 1 fully saturated rings. The van der Waals surface area contributed by atoms with Gasteiger partial charge in [0.25, 0.3) is 5.91 Å². The molecule has 3 aromatic rings. The summed E-state index contributed by atoms with van der Waals surface area (Å²) < 4.78 is 0. The number of imide groups is 1. The number of urea groups is 1. The standard InChI is InChI=1S/C20H19N5O3/c26-18(21-11-17-22-14-8-4-5-9-15(14)23-17)10-16-19(27)25(20(28)24-16)12-13-6-2-1-3-7-13/h1-9,16H,10-12H2,(H,21,26)(H,22,23)(H,24,28)/t16-/m0/s1. The number of aromatic amines is 1. The van der Waals surface area contributed by atoms with Crippen molar-refractivity contribution >= 4 is 28.9 Å². The molecule has 0 unspecified atom stereocenters. The highest BCUT2D eigenvalue weighted by molar-refractivity contribution is 6.05. The first kappa shape index (κ1) is 17.7. The van der Waals surface area contributed by atoms with Crippen LogP contribution in [0.1, 0.15) is 17.8 Å². The molecule has 1 aliphatic heterocycles. The van der Waals surface area contributed by atoms with Crippen LogP contribution < -0.4 is 10.6 Å². The van der Waals surface area contributed by atoms with E-state index in [0.717, 1.165) is 21.5 Å². The molecule has 4 amide bonds. The van der Waals surface area contributed by atoms with Crippen LogP contribution in [-0.2, 0) is 22.7 Å². The van der Waals surface area contributed by atoms with Gasteiger partial charge in [0.2, 0.25) is 5.91 Å². The molecule has 0 radical (unpaired) electrons. The molecule has 28 heavy (non-hydrogen) atoms. The highest BCUT2D eigenvalue weighted by Gasteiger charge is 2.38. The van der Waals surface area contributed by atoms with Gasteiger partial charge in [-0.15, -0.1) is 0 Å². The lowest BCUT2D eigenvalue weighted by molar-refractivity contribution is -0.131. The van der Waals surface area contributed by atoms with E-state index in [-0.39, 0.29) is 25.4 Å². The average molecular weight is 377 g/mol. The predicted molar refractivity (Wildman–Crippen MR) is 102 cm³/mol. The second-order valence-electron chi connectivity index (χ2n) is 6.59. The van der Waals surface area contributed by atoms with E-state index < -0.39 is 18.0 Å². The number of hydrogen-bond donors (Lipinski definition) is 3. The lowest BCUT2D eigenvalue weighted by atomic mass is 10.1. The fourth-order valence-corrected chi connectivity index (χ4v) is 3.16. The molecule has 4 rings (SSSR count). The van der Waals surface area contributed by atoms with Crippen molar-refractivity contribution in [3.8, 4) is 0 Å². The SMILES string of the molecule is O=C(C[C@@H]1NC(=O)N(Cc2ccccc2)C1=O)NCc1nc2ccccc2[nH]1. The highest BCUT2D eigenvalue weighted by Crippen LogP contribution is 2.14. The maximum Gasteiger partial charge on any atom is 0.325 e. The Morgan fingerprint density at radius 1 is 1.07 bits per heavy atom. The Balaban J connectivity index is 1.32. The van der Waals surface area contributed by atoms with Gasteiger partial charge in [-0.2, -0.15) is 0 Å². The van der Waals surface area contributed by atoms with Crippen LogP contribution in [0.5, 0.6) is 0 Å². The number of benzene rings is 2. The summed E-state index contributed by atoms with van der Waals surface area (Å²) in [6.07, 6.45) is -0.115. The van der Waals surface area contributed by atoms with Crippen molar-refractivity contribution < 1.29 is 14.4 Å². The van der Waals surface area contributed by atoms with E-state index in [4.69, 9.17) is 0 Å². The molecule has 8 nitrogen and oxygen atoms in total. The van der Waals surface area contributed by atoms with Crippen LogP contribution >= 0.6 is 0 Å². The van der Waals surface area contributed by atoms with Crippen LogP contribution in [0.25, 0.3) is 11.0 Å². The number of imidazole rings is 1. The minimum atomic E-state index is -0.855. The monoisotopic (exact) mass is 377 g/mol. The predicted octanol–water partition coefficient (Wildman–Crippen LogP) is 1.69. The highest BCUT2D eigenvalue weighted by atomic mass is 16.2. The summed E-state index contributed by atoms with van der Waals surface area (Å²) in [4.78, 5) is 45.5. The fourth-order valence-electron chi connectivity index (χ4n) is 3.16. The van der Waals surface area contributed by atoms with Gasteiger partial charge in [0.1, 0.15) is 11.9 Å². The zero-order valence-corrected chi connectivity index (χ0v) is 15.0. The molecule has 2 heterocycles. The van der Waals surface area contributed by atoms with Crippen LogP contribution in [-0.4, -0.2) is 38.8 Å². The van der Waals surface area contributed by atoms with Gasteiger partial charge in [-0.1, -0.05) is 42.5 Å². The number of H-pyrrole nitrogens is 1. The van der Waals surface area contributed by atoms with E-state index in [2.05, 4.69) is 20.6 Å². The minimum absolute atomic E-state index is 0.115. The van der Waals surface area contributed by atoms with Gasteiger partial charge in [-0.05, 0) is 17.7 Å². The normalized spacial score (nSPS) is 16.4. The Morgan fingerprint density at radius 3 is 2.61 bits per heavy atom. The number of para-hydroxylation sites is 2. The second-order valence-corrected chi connectivity index (χ2v) is 6.59. The van der Waals surface area contributed by atoms with Gasteiger partial charge >= 0.3 is 6.03 Å². The van der Waals surface area contributed by atoms with E-state index in [0.29, 0.717) is 5.82 Å². The number of nitrogens with zero attached hydrogens (tertiary/aromatic N) is 2. The minimum Gasteiger partial charge on any atom is -0.349 e. The second kappa shape index (κ2) is 7.51. The number of nitrogens with one attached hydrogen (secondary N) is 3. The van der Waals surface area contributed by atoms with E-state index in [1.807, 2.05) is 54.6 Å². The zero-order valence-electron chi connectivity index (χ0n) is 15.0. The smallest absolute Gasteiger partial charge is 0.325 e. The largest absolute Gasteiger partial charge is 0.349 e. The Labute approximate surface area is 160 Å². The van der Waals surface area contributed by atoms with Crippen molar-refractivity contribution in [1.82, 2.24) is 25.5 Å². The Bertz CT molecular complexity index is 998. The molecule has 0 aliphatic carbocycles. The Hall–Kier alpha value is -3.68. The molecular formula is C20H19N5O3. The number of fused-ring (bicyclic) bond motifs is 1. The van der Waals surface area contributed by atoms with Gasteiger partial charge < -0.3 is 15.6 Å². The maximum atomic E-state index is 12.5. The first-order chi connectivity index (χ1) is 13.6. The molecule has 1 aromatic heterocycles. The van der Waals surface area contributed by atoms with Crippen molar-refractivity contribution in [2.75, 3.05) is 0 Å². The van der Waals surface area contributed by atoms with Crippen LogP contribution in [0, 0.1) is 0 Å². The van der Waals surface area contributed by atoms with Crippen molar-refractivity contribution in [2.24, 2.45) is 0 Å². The van der Waals surface area contributed by atoms with Gasteiger partial charge in [0.15, 0.2) is 0 Å². The third-order valence-corrected chi connectivity index (χ3v) is 4.57. The fraction of sp³-hybridized carbons (Fsp3) is 0.200. The van der Waals surface area contributed by atoms with Gasteiger partial charge in [-0.3, -0.25) is 14.5 Å². The molecule has 0 spiro atoms. The molecule has 0 saturated carbocycles. The molecular weight excluding hydrogens is 358 g/mol. The summed E-state index contributed by atoms with van der Waals surface area (Å²) in [5.41, 5.74) is 2.56. The quantitative estimate of drug-likeness (QED) is 0.568. The van der Waals surface area contributed by atoms with E-state index >= 15 is 0 Å². The van der Waals surface area contributed by atoms with Gasteiger partial charge in [-0.25, -0.2) is 9.78 Å². The molecule has 1 aliphatic rings. The van der Waals surface area contributed by atoms with E-state index in [1.165, 1.54) is 0 Å². The number of aromatic nitrogens is 2. The summed E-state index contributed by atoms with van der Waals surface area (Å²) in [7, 11) is 0. The van der Waals surface area contributed by atoms with Crippen LogP contribution in [0.4, 0.5) is 4.79 Å². The summed E-state index contributed by atoms with van der Waals surface area (Å²) in [5.74, 6) is -0.101. The van der Waals surface area contributed by atoms with Crippen molar-refractivity contribution in [3.63, 3.8) is 0 Å². The molecule has 1 atom stereocenters. The van der Waals surface area contributed by atoms with Gasteiger partial charge in [0.05, 0.1) is 30.5 Å². The summed E-state index contributed by atoms with van der Waals surface area (Å²) in [6, 6.07) is 15.5. The molecule has 1 saturated heterocycles. The lowest BCUT2D eigenvalue weighted by Gasteiger charge is -2.13. The topological polar surface area (TPSA) is 107 Å². The first-order valence-electron chi connectivity index (χ1n) is 8.96. The summed E-state index contributed by atoms with van der Waals surface area (Å²) in [5, 5.41) is 5.31. The van der Waals surface area contributed by atoms with Crippen LogP contribution in [0.15, 0.2) is 54.6 Å². The third-order valence-electron chi connectivity index (χ3n) is 4.57. The molecule has 2 aromatic carbocycles. The number of amides is 4. The van der Waals surface area contributed by atoms with Crippen molar-refractivity contribution in [3.05, 3.63) is 66.0 Å². The Kier molecular flexibility index (Phi) is 4.76. The molecule has 0 bridgehead atoms. The number of carbonyl (C=O) groups is 3.